The van der Waals surface area contributed by atoms with Gasteiger partial charge in [0, 0.05) is 11.6 Å². The minimum Gasteiger partial charge on any atom is -0.486 e. The van der Waals surface area contributed by atoms with Crippen LogP contribution in [0.15, 0.2) is 82.0 Å². The Hall–Kier alpha value is -3.71. The van der Waals surface area contributed by atoms with Crippen molar-refractivity contribution in [3.8, 4) is 17.1 Å². The molecule has 0 saturated heterocycles. The molecule has 6 nitrogen and oxygen atoms in total. The fraction of sp³-hybridized carbons (Fsp3) is 0.0455. The van der Waals surface area contributed by atoms with Gasteiger partial charge in [-0.3, -0.25) is 4.79 Å². The Morgan fingerprint density at radius 3 is 2.52 bits per heavy atom. The predicted octanol–water partition coefficient (Wildman–Crippen LogP) is 3.54. The minimum atomic E-state index is -0.221. The summed E-state index contributed by atoms with van der Waals surface area (Å²) >= 11 is 1.27. The van der Waals surface area contributed by atoms with Gasteiger partial charge in [0.1, 0.15) is 28.4 Å². The second kappa shape index (κ2) is 7.37. The van der Waals surface area contributed by atoms with Crippen LogP contribution >= 0.6 is 11.3 Å². The topological polar surface area (TPSA) is 69.6 Å². The van der Waals surface area contributed by atoms with Gasteiger partial charge in [0.05, 0.1) is 0 Å². The van der Waals surface area contributed by atoms with Crippen LogP contribution < -0.4 is 14.8 Å². The molecular weight excluding hydrogens is 386 g/mol. The molecule has 0 N–H and O–H groups in total. The Kier molecular flexibility index (Phi) is 4.42. The molecule has 5 aromatic rings. The van der Waals surface area contributed by atoms with Gasteiger partial charge in [0.25, 0.3) is 5.56 Å². The summed E-state index contributed by atoms with van der Waals surface area (Å²) in [5, 5.41) is 4.27. The van der Waals surface area contributed by atoms with Gasteiger partial charge in [-0.1, -0.05) is 59.9 Å². The maximum Gasteiger partial charge on any atom is 0.291 e. The van der Waals surface area contributed by atoms with Crippen LogP contribution in [0.1, 0.15) is 11.6 Å². The molecule has 3 heterocycles. The molecule has 0 aliphatic heterocycles. The third-order valence-corrected chi connectivity index (χ3v) is 5.25. The average molecular weight is 401 g/mol. The fourth-order valence-electron chi connectivity index (χ4n) is 2.92. The van der Waals surface area contributed by atoms with E-state index in [-0.39, 0.29) is 12.2 Å². The average Bonchev–Trinajstić information content (AvgIpc) is 3.46. The van der Waals surface area contributed by atoms with Crippen LogP contribution in [0.4, 0.5) is 0 Å². The first kappa shape index (κ1) is 17.4. The number of rotatable bonds is 5. The highest BCUT2D eigenvalue weighted by Gasteiger charge is 2.11. The summed E-state index contributed by atoms with van der Waals surface area (Å²) < 4.78 is 13.3. The Balaban J connectivity index is 1.40. The summed E-state index contributed by atoms with van der Waals surface area (Å²) in [6.45, 7) is 0.204. The normalized spacial score (nSPS) is 11.9. The van der Waals surface area contributed by atoms with Crippen LogP contribution in [0.3, 0.4) is 0 Å². The van der Waals surface area contributed by atoms with Crippen LogP contribution in [0.5, 0.6) is 5.75 Å². The number of aromatic nitrogens is 3. The number of ether oxygens (including phenoxy) is 1. The standard InChI is InChI=1S/C22H15N3O3S/c26-21-19(13-17-11-12-18(28-17)15-7-3-1-4-8-15)29-22-23-20(24-25(21)22)14-27-16-9-5-2-6-10-16/h1-13H,14H2. The van der Waals surface area contributed by atoms with E-state index in [0.29, 0.717) is 21.1 Å². The second-order valence-electron chi connectivity index (χ2n) is 6.31. The molecule has 0 radical (unpaired) electrons. The maximum atomic E-state index is 12.7. The number of thiazole rings is 1. The van der Waals surface area contributed by atoms with E-state index in [2.05, 4.69) is 10.1 Å². The van der Waals surface area contributed by atoms with Crippen LogP contribution in [0.2, 0.25) is 0 Å². The number of benzene rings is 2. The molecule has 3 aromatic heterocycles. The summed E-state index contributed by atoms with van der Waals surface area (Å²) in [6.07, 6.45) is 1.72. The van der Waals surface area contributed by atoms with Crippen LogP contribution in [-0.4, -0.2) is 14.6 Å². The highest BCUT2D eigenvalue weighted by Crippen LogP contribution is 2.22. The first-order chi connectivity index (χ1) is 14.3. The molecule has 0 bridgehead atoms. The van der Waals surface area contributed by atoms with Crippen molar-refractivity contribution < 1.29 is 9.15 Å². The van der Waals surface area contributed by atoms with Gasteiger partial charge in [-0.05, 0) is 24.3 Å². The van der Waals surface area contributed by atoms with E-state index in [1.807, 2.05) is 72.8 Å². The number of fused-ring (bicyclic) bond motifs is 1. The van der Waals surface area contributed by atoms with Gasteiger partial charge in [-0.25, -0.2) is 0 Å². The molecule has 0 amide bonds. The van der Waals surface area contributed by atoms with Crippen LogP contribution in [0.25, 0.3) is 22.4 Å². The SMILES string of the molecule is O=c1c(=Cc2ccc(-c3ccccc3)o2)sc2nc(COc3ccccc3)nn12. The minimum absolute atomic E-state index is 0.204. The molecule has 0 aliphatic carbocycles. The third kappa shape index (κ3) is 3.55. The zero-order chi connectivity index (χ0) is 19.6. The zero-order valence-corrected chi connectivity index (χ0v) is 16.0. The monoisotopic (exact) mass is 401 g/mol. The molecule has 0 spiro atoms. The Labute approximate surface area is 169 Å². The van der Waals surface area contributed by atoms with Gasteiger partial charge in [-0.15, -0.1) is 5.10 Å². The molecule has 5 rings (SSSR count). The Bertz CT molecular complexity index is 1370. The third-order valence-electron chi connectivity index (χ3n) is 4.30. The van der Waals surface area contributed by atoms with Gasteiger partial charge in [-0.2, -0.15) is 9.50 Å². The predicted molar refractivity (Wildman–Crippen MR) is 111 cm³/mol. The lowest BCUT2D eigenvalue weighted by atomic mass is 10.2. The van der Waals surface area contributed by atoms with Crippen molar-refractivity contribution in [1.29, 1.82) is 0 Å². The van der Waals surface area contributed by atoms with Crippen molar-refractivity contribution in [2.24, 2.45) is 0 Å². The van der Waals surface area contributed by atoms with Crippen molar-refractivity contribution in [1.82, 2.24) is 14.6 Å². The summed E-state index contributed by atoms with van der Waals surface area (Å²) in [4.78, 5) is 17.6. The van der Waals surface area contributed by atoms with Crippen molar-refractivity contribution in [3.05, 3.63) is 99.3 Å². The van der Waals surface area contributed by atoms with Crippen molar-refractivity contribution in [2.75, 3.05) is 0 Å². The molecule has 29 heavy (non-hydrogen) atoms. The quantitative estimate of drug-likeness (QED) is 0.451. The summed E-state index contributed by atoms with van der Waals surface area (Å²) in [7, 11) is 0. The lowest BCUT2D eigenvalue weighted by Gasteiger charge is -2.01. The molecule has 142 valence electrons. The molecular formula is C22H15N3O3S. The van der Waals surface area contributed by atoms with Gasteiger partial charge in [0.15, 0.2) is 5.82 Å². The van der Waals surface area contributed by atoms with Gasteiger partial charge >= 0.3 is 0 Å². The zero-order valence-electron chi connectivity index (χ0n) is 15.2. The Morgan fingerprint density at radius 2 is 1.76 bits per heavy atom. The van der Waals surface area contributed by atoms with Crippen LogP contribution in [0, 0.1) is 0 Å². The van der Waals surface area contributed by atoms with Crippen molar-refractivity contribution in [2.45, 2.75) is 6.61 Å². The molecule has 0 saturated carbocycles. The maximum absolute atomic E-state index is 12.7. The number of hydrogen-bond acceptors (Lipinski definition) is 6. The molecule has 2 aromatic carbocycles. The van der Waals surface area contributed by atoms with Gasteiger partial charge in [0.2, 0.25) is 4.96 Å². The van der Waals surface area contributed by atoms with E-state index in [1.54, 1.807) is 6.08 Å². The summed E-state index contributed by atoms with van der Waals surface area (Å²) in [5.74, 6) is 2.56. The number of furan rings is 1. The number of para-hydroxylation sites is 1. The Morgan fingerprint density at radius 1 is 1.00 bits per heavy atom. The van der Waals surface area contributed by atoms with E-state index < -0.39 is 0 Å². The van der Waals surface area contributed by atoms with Gasteiger partial charge < -0.3 is 9.15 Å². The molecule has 0 aliphatic rings. The smallest absolute Gasteiger partial charge is 0.291 e. The first-order valence-corrected chi connectivity index (χ1v) is 9.81. The van der Waals surface area contributed by atoms with E-state index in [4.69, 9.17) is 9.15 Å². The number of nitrogens with zero attached hydrogens (tertiary/aromatic N) is 3. The second-order valence-corrected chi connectivity index (χ2v) is 7.32. The van der Waals surface area contributed by atoms with E-state index >= 15 is 0 Å². The first-order valence-electron chi connectivity index (χ1n) is 8.99. The molecule has 0 unspecified atom stereocenters. The summed E-state index contributed by atoms with van der Waals surface area (Å²) in [5.41, 5.74) is 0.765. The van der Waals surface area contributed by atoms with E-state index in [9.17, 15) is 4.79 Å². The molecule has 0 atom stereocenters. The highest BCUT2D eigenvalue weighted by atomic mass is 32.1. The lowest BCUT2D eigenvalue weighted by molar-refractivity contribution is 0.296. The van der Waals surface area contributed by atoms with Crippen molar-refractivity contribution >= 4 is 22.4 Å². The van der Waals surface area contributed by atoms with E-state index in [1.165, 1.54) is 15.9 Å². The summed E-state index contributed by atoms with van der Waals surface area (Å²) in [6, 6.07) is 23.0. The number of hydrogen-bond donors (Lipinski definition) is 0. The highest BCUT2D eigenvalue weighted by molar-refractivity contribution is 7.15. The molecule has 7 heteroatoms. The lowest BCUT2D eigenvalue weighted by Crippen LogP contribution is -2.23. The van der Waals surface area contributed by atoms with Crippen LogP contribution in [-0.2, 0) is 6.61 Å². The largest absolute Gasteiger partial charge is 0.486 e. The fourth-order valence-corrected chi connectivity index (χ4v) is 3.82. The van der Waals surface area contributed by atoms with Crippen molar-refractivity contribution in [3.63, 3.8) is 0 Å². The molecule has 0 fully saturated rings. The van der Waals surface area contributed by atoms with E-state index in [0.717, 1.165) is 17.1 Å².